The number of carbonyl (C=O) groups excluding carboxylic acids is 2. The van der Waals surface area contributed by atoms with Gasteiger partial charge < -0.3 is 19.4 Å². The van der Waals surface area contributed by atoms with Gasteiger partial charge in [-0.25, -0.2) is 4.79 Å². The summed E-state index contributed by atoms with van der Waals surface area (Å²) in [6.07, 6.45) is 3.48. The lowest BCUT2D eigenvalue weighted by Crippen LogP contribution is -2.13. The SMILES string of the molecule is COC(=O)c1cccc(Cn2cc(/C=C(/C#N)C(=O)Nc3cccc(OC)c3)c3ccccc32)c1. The number of esters is 1. The van der Waals surface area contributed by atoms with E-state index in [-0.39, 0.29) is 5.57 Å². The molecule has 1 amide bonds. The van der Waals surface area contributed by atoms with Gasteiger partial charge in [0, 0.05) is 41.0 Å². The van der Waals surface area contributed by atoms with Gasteiger partial charge in [-0.05, 0) is 42.0 Å². The molecule has 4 rings (SSSR count). The number of fused-ring (bicyclic) bond motifs is 1. The quantitative estimate of drug-likeness (QED) is 0.235. The van der Waals surface area contributed by atoms with Gasteiger partial charge in [0.1, 0.15) is 17.4 Å². The summed E-state index contributed by atoms with van der Waals surface area (Å²) in [4.78, 5) is 24.7. The lowest BCUT2D eigenvalue weighted by molar-refractivity contribution is -0.112. The summed E-state index contributed by atoms with van der Waals surface area (Å²) < 4.78 is 12.0. The molecule has 0 atom stereocenters. The van der Waals surface area contributed by atoms with Gasteiger partial charge in [-0.1, -0.05) is 36.4 Å². The first kappa shape index (κ1) is 23.3. The predicted molar refractivity (Wildman–Crippen MR) is 134 cm³/mol. The van der Waals surface area contributed by atoms with E-state index < -0.39 is 11.9 Å². The summed E-state index contributed by atoms with van der Waals surface area (Å²) in [6, 6.07) is 23.9. The molecule has 0 aliphatic rings. The number of rotatable bonds is 7. The molecular formula is C28H23N3O4. The zero-order chi connectivity index (χ0) is 24.8. The average Bonchev–Trinajstić information content (AvgIpc) is 3.23. The number of carbonyl (C=O) groups is 2. The third-order valence-electron chi connectivity index (χ3n) is 5.51. The van der Waals surface area contributed by atoms with Crippen molar-refractivity contribution >= 4 is 34.5 Å². The lowest BCUT2D eigenvalue weighted by atomic mass is 10.1. The molecular weight excluding hydrogens is 442 g/mol. The topological polar surface area (TPSA) is 93.4 Å². The Balaban J connectivity index is 1.66. The first-order valence-electron chi connectivity index (χ1n) is 10.8. The number of amides is 1. The summed E-state index contributed by atoms with van der Waals surface area (Å²) in [5.74, 6) is -0.304. The Bertz CT molecular complexity index is 1480. The number of anilines is 1. The van der Waals surface area contributed by atoms with Crippen molar-refractivity contribution < 1.29 is 19.1 Å². The molecule has 0 spiro atoms. The summed E-state index contributed by atoms with van der Waals surface area (Å²) >= 11 is 0. The molecule has 1 aromatic heterocycles. The zero-order valence-electron chi connectivity index (χ0n) is 19.3. The highest BCUT2D eigenvalue weighted by Crippen LogP contribution is 2.25. The molecule has 7 nitrogen and oxygen atoms in total. The van der Waals surface area contributed by atoms with Crippen LogP contribution in [-0.4, -0.2) is 30.7 Å². The molecule has 0 aliphatic carbocycles. The summed E-state index contributed by atoms with van der Waals surface area (Å²) in [5.41, 5.74) is 3.57. The van der Waals surface area contributed by atoms with Gasteiger partial charge in [0.2, 0.25) is 0 Å². The Labute approximate surface area is 202 Å². The van der Waals surface area contributed by atoms with Crippen LogP contribution in [0, 0.1) is 11.3 Å². The number of para-hydroxylation sites is 1. The van der Waals surface area contributed by atoms with Crippen molar-refractivity contribution in [3.8, 4) is 11.8 Å². The Morgan fingerprint density at radius 1 is 1.03 bits per heavy atom. The van der Waals surface area contributed by atoms with E-state index in [2.05, 4.69) is 5.32 Å². The highest BCUT2D eigenvalue weighted by molar-refractivity contribution is 6.10. The number of ether oxygens (including phenoxy) is 2. The van der Waals surface area contributed by atoms with Crippen molar-refractivity contribution in [1.29, 1.82) is 5.26 Å². The van der Waals surface area contributed by atoms with Crippen LogP contribution in [-0.2, 0) is 16.1 Å². The van der Waals surface area contributed by atoms with Crippen LogP contribution in [0.25, 0.3) is 17.0 Å². The van der Waals surface area contributed by atoms with E-state index in [9.17, 15) is 14.9 Å². The van der Waals surface area contributed by atoms with Crippen molar-refractivity contribution in [3.05, 3.63) is 101 Å². The Morgan fingerprint density at radius 3 is 2.60 bits per heavy atom. The largest absolute Gasteiger partial charge is 0.497 e. The molecule has 4 aromatic rings. The Kier molecular flexibility index (Phi) is 6.94. The number of nitrogens with zero attached hydrogens (tertiary/aromatic N) is 2. The maximum Gasteiger partial charge on any atom is 0.337 e. The molecule has 0 saturated heterocycles. The molecule has 0 fully saturated rings. The van der Waals surface area contributed by atoms with Gasteiger partial charge in [-0.3, -0.25) is 4.79 Å². The van der Waals surface area contributed by atoms with E-state index in [4.69, 9.17) is 9.47 Å². The van der Waals surface area contributed by atoms with Crippen molar-refractivity contribution in [1.82, 2.24) is 4.57 Å². The average molecular weight is 466 g/mol. The molecule has 0 aliphatic heterocycles. The van der Waals surface area contributed by atoms with Crippen molar-refractivity contribution in [3.63, 3.8) is 0 Å². The second kappa shape index (κ2) is 10.4. The fourth-order valence-corrected chi connectivity index (χ4v) is 3.84. The van der Waals surface area contributed by atoms with Crippen LogP contribution in [0.3, 0.4) is 0 Å². The van der Waals surface area contributed by atoms with Gasteiger partial charge >= 0.3 is 5.97 Å². The standard InChI is InChI=1S/C28H23N3O4/c1-34-24-10-6-9-23(15-24)30-27(32)21(16-29)14-22-18-31(26-12-4-3-11-25(22)26)17-19-7-5-8-20(13-19)28(33)35-2/h3-15,18H,17H2,1-2H3,(H,30,32)/b21-14-. The zero-order valence-corrected chi connectivity index (χ0v) is 19.3. The van der Waals surface area contributed by atoms with Crippen LogP contribution in [0.1, 0.15) is 21.5 Å². The van der Waals surface area contributed by atoms with Gasteiger partial charge in [0.05, 0.1) is 19.8 Å². The van der Waals surface area contributed by atoms with E-state index in [0.717, 1.165) is 22.0 Å². The van der Waals surface area contributed by atoms with Crippen LogP contribution in [0.15, 0.2) is 84.6 Å². The van der Waals surface area contributed by atoms with Crippen LogP contribution in [0.5, 0.6) is 5.75 Å². The number of nitrogens with one attached hydrogen (secondary N) is 1. The van der Waals surface area contributed by atoms with E-state index in [0.29, 0.717) is 23.5 Å². The number of nitriles is 1. The number of hydrogen-bond donors (Lipinski definition) is 1. The minimum Gasteiger partial charge on any atom is -0.497 e. The highest BCUT2D eigenvalue weighted by atomic mass is 16.5. The van der Waals surface area contributed by atoms with Crippen molar-refractivity contribution in [2.24, 2.45) is 0 Å². The molecule has 0 bridgehead atoms. The lowest BCUT2D eigenvalue weighted by Gasteiger charge is -2.07. The Morgan fingerprint density at radius 2 is 1.83 bits per heavy atom. The Hall–Kier alpha value is -4.83. The highest BCUT2D eigenvalue weighted by Gasteiger charge is 2.14. The van der Waals surface area contributed by atoms with E-state index in [1.165, 1.54) is 7.11 Å². The van der Waals surface area contributed by atoms with E-state index >= 15 is 0 Å². The minimum atomic E-state index is -0.511. The van der Waals surface area contributed by atoms with Crippen molar-refractivity contribution in [2.75, 3.05) is 19.5 Å². The normalized spacial score (nSPS) is 11.1. The third-order valence-corrected chi connectivity index (χ3v) is 5.51. The number of aromatic nitrogens is 1. The van der Waals surface area contributed by atoms with Crippen LogP contribution in [0.2, 0.25) is 0 Å². The fourth-order valence-electron chi connectivity index (χ4n) is 3.84. The third kappa shape index (κ3) is 5.23. The molecule has 1 heterocycles. The van der Waals surface area contributed by atoms with Gasteiger partial charge in [0.15, 0.2) is 0 Å². The van der Waals surface area contributed by atoms with E-state index in [1.807, 2.05) is 53.2 Å². The molecule has 0 unspecified atom stereocenters. The second-order valence-corrected chi connectivity index (χ2v) is 7.78. The minimum absolute atomic E-state index is 0.0246. The van der Waals surface area contributed by atoms with Crippen LogP contribution in [0.4, 0.5) is 5.69 Å². The van der Waals surface area contributed by atoms with Crippen molar-refractivity contribution in [2.45, 2.75) is 6.54 Å². The molecule has 0 radical (unpaired) electrons. The molecule has 35 heavy (non-hydrogen) atoms. The smallest absolute Gasteiger partial charge is 0.337 e. The van der Waals surface area contributed by atoms with E-state index in [1.54, 1.807) is 49.6 Å². The summed E-state index contributed by atoms with van der Waals surface area (Å²) in [5, 5.41) is 13.3. The maximum absolute atomic E-state index is 12.8. The number of hydrogen-bond acceptors (Lipinski definition) is 5. The van der Waals surface area contributed by atoms with Gasteiger partial charge in [0.25, 0.3) is 5.91 Å². The van der Waals surface area contributed by atoms with Gasteiger partial charge in [-0.15, -0.1) is 0 Å². The molecule has 7 heteroatoms. The molecule has 174 valence electrons. The number of methoxy groups -OCH3 is 2. The van der Waals surface area contributed by atoms with Gasteiger partial charge in [-0.2, -0.15) is 5.26 Å². The summed E-state index contributed by atoms with van der Waals surface area (Å²) in [7, 11) is 2.90. The maximum atomic E-state index is 12.8. The predicted octanol–water partition coefficient (Wildman–Crippen LogP) is 5.03. The molecule has 3 aromatic carbocycles. The van der Waals surface area contributed by atoms with Crippen LogP contribution >= 0.6 is 0 Å². The second-order valence-electron chi connectivity index (χ2n) is 7.78. The number of benzene rings is 3. The molecule has 0 saturated carbocycles. The first-order valence-corrected chi connectivity index (χ1v) is 10.8. The van der Waals surface area contributed by atoms with Crippen LogP contribution < -0.4 is 10.1 Å². The fraction of sp³-hybridized carbons (Fsp3) is 0.107. The molecule has 1 N–H and O–H groups in total. The first-order chi connectivity index (χ1) is 17.0. The summed E-state index contributed by atoms with van der Waals surface area (Å²) in [6.45, 7) is 0.497. The monoisotopic (exact) mass is 465 g/mol.